The van der Waals surface area contributed by atoms with Crippen molar-refractivity contribution in [3.8, 4) is 0 Å². The Balaban J connectivity index is 1.45. The van der Waals surface area contributed by atoms with E-state index in [-0.39, 0.29) is 0 Å². The van der Waals surface area contributed by atoms with Crippen molar-refractivity contribution in [2.24, 2.45) is 29.6 Å². The van der Waals surface area contributed by atoms with Gasteiger partial charge < -0.3 is 5.73 Å². The topological polar surface area (TPSA) is 38.9 Å². The van der Waals surface area contributed by atoms with Gasteiger partial charge in [0.15, 0.2) is 0 Å². The second-order valence-electron chi connectivity index (χ2n) is 6.82. The predicted molar refractivity (Wildman–Crippen MR) is 79.9 cm³/mol. The summed E-state index contributed by atoms with van der Waals surface area (Å²) in [4.78, 5) is 5.30. The largest absolute Gasteiger partial charge is 0.397 e. The zero-order chi connectivity index (χ0) is 12.8. The number of nitrogen functional groups attached to an aromatic ring is 1. The van der Waals surface area contributed by atoms with Gasteiger partial charge in [-0.15, -0.1) is 11.8 Å². The zero-order valence-corrected chi connectivity index (χ0v) is 12.1. The highest BCUT2D eigenvalue weighted by Gasteiger charge is 2.47. The molecule has 1 heterocycles. The Morgan fingerprint density at radius 3 is 2.42 bits per heavy atom. The standard InChI is InChI=1S/C16H22N2S/c17-15-8-18-2-1-16(15)19-9-14-12-4-10-3-11(6-12)7-13(14)5-10/h1-2,8,10-14H,3-7,9,17H2. The van der Waals surface area contributed by atoms with Crippen molar-refractivity contribution in [2.75, 3.05) is 11.5 Å². The van der Waals surface area contributed by atoms with Crippen LogP contribution in [0, 0.1) is 29.6 Å². The van der Waals surface area contributed by atoms with Gasteiger partial charge in [0.1, 0.15) is 0 Å². The van der Waals surface area contributed by atoms with E-state index in [1.807, 2.05) is 18.0 Å². The monoisotopic (exact) mass is 274 g/mol. The summed E-state index contributed by atoms with van der Waals surface area (Å²) in [7, 11) is 0. The molecule has 5 rings (SSSR count). The molecule has 4 saturated carbocycles. The van der Waals surface area contributed by atoms with Crippen molar-refractivity contribution in [2.45, 2.75) is 37.0 Å². The van der Waals surface area contributed by atoms with Crippen LogP contribution in [0.2, 0.25) is 0 Å². The maximum absolute atomic E-state index is 6.00. The third-order valence-electron chi connectivity index (χ3n) is 5.66. The summed E-state index contributed by atoms with van der Waals surface area (Å²) in [6.07, 6.45) is 11.3. The van der Waals surface area contributed by atoms with Crippen LogP contribution in [0.15, 0.2) is 23.4 Å². The summed E-state index contributed by atoms with van der Waals surface area (Å²) < 4.78 is 0. The molecule has 4 aliphatic carbocycles. The molecule has 1 aromatic heterocycles. The molecule has 0 atom stereocenters. The predicted octanol–water partition coefficient (Wildman–Crippen LogP) is 3.83. The van der Waals surface area contributed by atoms with Gasteiger partial charge in [0.25, 0.3) is 0 Å². The fraction of sp³-hybridized carbons (Fsp3) is 0.688. The molecular weight excluding hydrogens is 252 g/mol. The van der Waals surface area contributed by atoms with Crippen LogP contribution in [0.25, 0.3) is 0 Å². The third-order valence-corrected chi connectivity index (χ3v) is 6.90. The highest BCUT2D eigenvalue weighted by Crippen LogP contribution is 2.57. The number of rotatable bonds is 3. The van der Waals surface area contributed by atoms with E-state index in [9.17, 15) is 0 Å². The molecule has 4 fully saturated rings. The van der Waals surface area contributed by atoms with Gasteiger partial charge in [-0.3, -0.25) is 4.98 Å². The molecular formula is C16H22N2S. The summed E-state index contributed by atoms with van der Waals surface area (Å²) in [5.41, 5.74) is 6.84. The summed E-state index contributed by atoms with van der Waals surface area (Å²) in [5, 5.41) is 0. The number of hydrogen-bond acceptors (Lipinski definition) is 3. The second-order valence-corrected chi connectivity index (χ2v) is 7.88. The highest BCUT2D eigenvalue weighted by molar-refractivity contribution is 7.99. The lowest BCUT2D eigenvalue weighted by Crippen LogP contribution is -2.45. The molecule has 0 saturated heterocycles. The summed E-state index contributed by atoms with van der Waals surface area (Å²) in [6.45, 7) is 0. The molecule has 4 bridgehead atoms. The van der Waals surface area contributed by atoms with Crippen LogP contribution < -0.4 is 5.73 Å². The van der Waals surface area contributed by atoms with Crippen molar-refractivity contribution >= 4 is 17.4 Å². The number of hydrogen-bond donors (Lipinski definition) is 1. The van der Waals surface area contributed by atoms with Crippen LogP contribution in [-0.2, 0) is 0 Å². The van der Waals surface area contributed by atoms with Crippen LogP contribution in [0.1, 0.15) is 32.1 Å². The van der Waals surface area contributed by atoms with Gasteiger partial charge >= 0.3 is 0 Å². The molecule has 19 heavy (non-hydrogen) atoms. The molecule has 3 heteroatoms. The summed E-state index contributed by atoms with van der Waals surface area (Å²) >= 11 is 1.96. The van der Waals surface area contributed by atoms with Gasteiger partial charge in [0.05, 0.1) is 11.9 Å². The van der Waals surface area contributed by atoms with Gasteiger partial charge in [-0.25, -0.2) is 0 Å². The highest BCUT2D eigenvalue weighted by atomic mass is 32.2. The van der Waals surface area contributed by atoms with E-state index < -0.39 is 0 Å². The van der Waals surface area contributed by atoms with Crippen molar-refractivity contribution in [3.05, 3.63) is 18.5 Å². The number of thioether (sulfide) groups is 1. The van der Waals surface area contributed by atoms with Crippen molar-refractivity contribution < 1.29 is 0 Å². The lowest BCUT2D eigenvalue weighted by molar-refractivity contribution is -0.0261. The van der Waals surface area contributed by atoms with E-state index in [0.29, 0.717) is 0 Å². The molecule has 0 aromatic carbocycles. The van der Waals surface area contributed by atoms with Crippen molar-refractivity contribution in [1.82, 2.24) is 4.98 Å². The first kappa shape index (κ1) is 12.1. The fourth-order valence-corrected chi connectivity index (χ4v) is 6.31. The third kappa shape index (κ3) is 2.16. The molecule has 0 unspecified atom stereocenters. The Morgan fingerprint density at radius 2 is 1.79 bits per heavy atom. The second kappa shape index (κ2) is 4.69. The number of anilines is 1. The Kier molecular flexibility index (Phi) is 2.98. The van der Waals surface area contributed by atoms with Crippen LogP contribution in [0.3, 0.4) is 0 Å². The average Bonchev–Trinajstić information content (AvgIpc) is 2.39. The zero-order valence-electron chi connectivity index (χ0n) is 11.3. The minimum absolute atomic E-state index is 0.844. The Morgan fingerprint density at radius 1 is 1.11 bits per heavy atom. The SMILES string of the molecule is Nc1cnccc1SCC1C2CC3CC(C2)CC1C3. The van der Waals surface area contributed by atoms with Crippen LogP contribution >= 0.6 is 11.8 Å². The molecule has 0 amide bonds. The van der Waals surface area contributed by atoms with Crippen molar-refractivity contribution in [3.63, 3.8) is 0 Å². The molecule has 2 N–H and O–H groups in total. The molecule has 2 nitrogen and oxygen atoms in total. The number of pyridine rings is 1. The van der Waals surface area contributed by atoms with Crippen LogP contribution in [0.4, 0.5) is 5.69 Å². The molecule has 4 aliphatic rings. The maximum Gasteiger partial charge on any atom is 0.0638 e. The van der Waals surface area contributed by atoms with Crippen molar-refractivity contribution in [1.29, 1.82) is 0 Å². The Hall–Kier alpha value is -0.700. The minimum atomic E-state index is 0.844. The number of aromatic nitrogens is 1. The number of nitrogens with zero attached hydrogens (tertiary/aromatic N) is 1. The normalized spacial score (nSPS) is 39.7. The molecule has 0 radical (unpaired) electrons. The van der Waals surface area contributed by atoms with E-state index in [2.05, 4.69) is 11.1 Å². The number of nitrogens with two attached hydrogens (primary N) is 1. The molecule has 0 spiro atoms. The minimum Gasteiger partial charge on any atom is -0.397 e. The Labute approximate surface area is 119 Å². The lowest BCUT2D eigenvalue weighted by atomic mass is 9.52. The smallest absolute Gasteiger partial charge is 0.0638 e. The molecule has 0 aliphatic heterocycles. The summed E-state index contributed by atoms with van der Waals surface area (Å²) in [5.74, 6) is 6.41. The van der Waals surface area contributed by atoms with E-state index in [1.54, 1.807) is 12.6 Å². The maximum atomic E-state index is 6.00. The van der Waals surface area contributed by atoms with E-state index >= 15 is 0 Å². The molecule has 1 aromatic rings. The summed E-state index contributed by atoms with van der Waals surface area (Å²) in [6, 6.07) is 2.07. The first-order valence-corrected chi connectivity index (χ1v) is 8.60. The first-order chi connectivity index (χ1) is 9.29. The first-order valence-electron chi connectivity index (χ1n) is 7.62. The van der Waals surface area contributed by atoms with Gasteiger partial charge in [-0.05, 0) is 67.8 Å². The average molecular weight is 274 g/mol. The van der Waals surface area contributed by atoms with Gasteiger partial charge in [0, 0.05) is 16.8 Å². The van der Waals surface area contributed by atoms with Gasteiger partial charge in [-0.1, -0.05) is 0 Å². The van der Waals surface area contributed by atoms with E-state index in [0.717, 1.165) is 35.3 Å². The lowest BCUT2D eigenvalue weighted by Gasteiger charge is -2.54. The molecule has 102 valence electrons. The van der Waals surface area contributed by atoms with E-state index in [1.165, 1.54) is 36.3 Å². The van der Waals surface area contributed by atoms with E-state index in [4.69, 9.17) is 5.73 Å². The van der Waals surface area contributed by atoms with Crippen LogP contribution in [-0.4, -0.2) is 10.7 Å². The quantitative estimate of drug-likeness (QED) is 0.851. The Bertz CT molecular complexity index is 446. The van der Waals surface area contributed by atoms with Crippen LogP contribution in [0.5, 0.6) is 0 Å². The van der Waals surface area contributed by atoms with Gasteiger partial charge in [0.2, 0.25) is 0 Å². The fourth-order valence-electron chi connectivity index (χ4n) is 5.02. The van der Waals surface area contributed by atoms with Gasteiger partial charge in [-0.2, -0.15) is 0 Å².